The molecule has 1 atom stereocenters. The Morgan fingerprint density at radius 2 is 2.18 bits per heavy atom. The Labute approximate surface area is 103 Å². The topological polar surface area (TPSA) is 33.1 Å². The van der Waals surface area contributed by atoms with Crippen molar-refractivity contribution in [2.45, 2.75) is 38.6 Å². The van der Waals surface area contributed by atoms with E-state index in [9.17, 15) is 0 Å². The van der Waals surface area contributed by atoms with Gasteiger partial charge >= 0.3 is 0 Å². The number of nitrogens with one attached hydrogen (secondary N) is 1. The number of likely N-dealkylation sites (tertiary alicyclic amines) is 1. The molecule has 17 heavy (non-hydrogen) atoms. The van der Waals surface area contributed by atoms with Gasteiger partial charge in [0.05, 0.1) is 5.69 Å². The molecule has 0 radical (unpaired) electrons. The number of aromatic nitrogens is 2. The van der Waals surface area contributed by atoms with Crippen LogP contribution in [0.3, 0.4) is 0 Å². The van der Waals surface area contributed by atoms with Crippen molar-refractivity contribution >= 4 is 5.95 Å². The highest BCUT2D eigenvalue weighted by molar-refractivity contribution is 5.37. The lowest BCUT2D eigenvalue weighted by atomic mass is 9.94. The van der Waals surface area contributed by atoms with Crippen molar-refractivity contribution in [2.24, 2.45) is 0 Å². The third-order valence-electron chi connectivity index (χ3n) is 4.11. The van der Waals surface area contributed by atoms with Gasteiger partial charge in [0, 0.05) is 31.2 Å². The summed E-state index contributed by atoms with van der Waals surface area (Å²) in [6.07, 6.45) is 3.81. The summed E-state index contributed by atoms with van der Waals surface area (Å²) in [5.41, 5.74) is 2.72. The second-order valence-electron chi connectivity index (χ2n) is 5.44. The lowest BCUT2D eigenvalue weighted by molar-refractivity contribution is 0.248. The van der Waals surface area contributed by atoms with Crippen molar-refractivity contribution < 1.29 is 0 Å². The van der Waals surface area contributed by atoms with Crippen LogP contribution in [0.1, 0.15) is 36.6 Å². The van der Waals surface area contributed by atoms with Gasteiger partial charge < -0.3 is 14.8 Å². The Balaban J connectivity index is 1.89. The van der Waals surface area contributed by atoms with Gasteiger partial charge in [-0.05, 0) is 39.8 Å². The standard InChI is InChI=1S/C13H22N4/c1-10-12(11-5-3-7-16(2)9-11)15-13-14-6-4-8-17(10)13/h11H,3-9H2,1-2H3,(H,14,15). The summed E-state index contributed by atoms with van der Waals surface area (Å²) in [4.78, 5) is 7.26. The van der Waals surface area contributed by atoms with Crippen molar-refractivity contribution in [1.82, 2.24) is 14.5 Å². The van der Waals surface area contributed by atoms with Gasteiger partial charge in [-0.1, -0.05) is 0 Å². The molecule has 2 aliphatic rings. The maximum atomic E-state index is 4.83. The number of likely N-dealkylation sites (N-methyl/N-ethyl adjacent to an activating group) is 1. The molecule has 0 spiro atoms. The zero-order valence-electron chi connectivity index (χ0n) is 10.9. The Bertz CT molecular complexity index is 410. The summed E-state index contributed by atoms with van der Waals surface area (Å²) in [5, 5.41) is 3.41. The summed E-state index contributed by atoms with van der Waals surface area (Å²) in [7, 11) is 2.22. The Morgan fingerprint density at radius 3 is 2.94 bits per heavy atom. The molecule has 4 nitrogen and oxygen atoms in total. The molecule has 0 amide bonds. The second kappa shape index (κ2) is 4.33. The van der Waals surface area contributed by atoms with Crippen LogP contribution in [0.5, 0.6) is 0 Å². The average molecular weight is 234 g/mol. The van der Waals surface area contributed by atoms with Crippen LogP contribution < -0.4 is 5.32 Å². The van der Waals surface area contributed by atoms with Crippen molar-refractivity contribution in [3.05, 3.63) is 11.4 Å². The third kappa shape index (κ3) is 1.95. The highest BCUT2D eigenvalue weighted by atomic mass is 15.2. The molecule has 1 saturated heterocycles. The fraction of sp³-hybridized carbons (Fsp3) is 0.769. The third-order valence-corrected chi connectivity index (χ3v) is 4.11. The fourth-order valence-corrected chi connectivity index (χ4v) is 3.17. The Kier molecular flexibility index (Phi) is 2.82. The molecule has 94 valence electrons. The second-order valence-corrected chi connectivity index (χ2v) is 5.44. The van der Waals surface area contributed by atoms with Gasteiger partial charge in [0.15, 0.2) is 0 Å². The minimum Gasteiger partial charge on any atom is -0.356 e. The molecule has 3 rings (SSSR count). The normalized spacial score (nSPS) is 25.4. The number of anilines is 1. The van der Waals surface area contributed by atoms with Crippen LogP contribution >= 0.6 is 0 Å². The van der Waals surface area contributed by atoms with Crippen LogP contribution in [0, 0.1) is 6.92 Å². The zero-order chi connectivity index (χ0) is 11.8. The van der Waals surface area contributed by atoms with Crippen LogP contribution in [0.25, 0.3) is 0 Å². The van der Waals surface area contributed by atoms with Crippen LogP contribution in [-0.2, 0) is 6.54 Å². The summed E-state index contributed by atoms with van der Waals surface area (Å²) in [5.74, 6) is 1.73. The molecule has 1 aromatic rings. The van der Waals surface area contributed by atoms with Crippen LogP contribution in [0.4, 0.5) is 5.95 Å². The largest absolute Gasteiger partial charge is 0.356 e. The molecular weight excluding hydrogens is 212 g/mol. The van der Waals surface area contributed by atoms with E-state index in [0.29, 0.717) is 5.92 Å². The molecule has 0 bridgehead atoms. The maximum Gasteiger partial charge on any atom is 0.203 e. The van der Waals surface area contributed by atoms with Crippen LogP contribution in [0.2, 0.25) is 0 Å². The number of nitrogens with zero attached hydrogens (tertiary/aromatic N) is 3. The summed E-state index contributed by atoms with van der Waals surface area (Å²) < 4.78 is 2.35. The predicted octanol–water partition coefficient (Wildman–Crippen LogP) is 1.82. The fourth-order valence-electron chi connectivity index (χ4n) is 3.17. The van der Waals surface area contributed by atoms with E-state index >= 15 is 0 Å². The number of fused-ring (bicyclic) bond motifs is 1. The Morgan fingerprint density at radius 1 is 1.29 bits per heavy atom. The van der Waals surface area contributed by atoms with Gasteiger partial charge in [-0.3, -0.25) is 0 Å². The van der Waals surface area contributed by atoms with Crippen molar-refractivity contribution in [2.75, 3.05) is 32.0 Å². The molecule has 3 heterocycles. The molecule has 1 fully saturated rings. The predicted molar refractivity (Wildman–Crippen MR) is 69.5 cm³/mol. The van der Waals surface area contributed by atoms with Crippen LogP contribution in [-0.4, -0.2) is 41.1 Å². The minimum atomic E-state index is 0.633. The number of piperidine rings is 1. The van der Waals surface area contributed by atoms with Gasteiger partial charge in [0.25, 0.3) is 0 Å². The van der Waals surface area contributed by atoms with Crippen molar-refractivity contribution in [3.63, 3.8) is 0 Å². The first kappa shape index (κ1) is 11.1. The highest BCUT2D eigenvalue weighted by Gasteiger charge is 2.26. The van der Waals surface area contributed by atoms with Gasteiger partial charge in [-0.25, -0.2) is 4.98 Å². The molecular formula is C13H22N4. The number of imidazole rings is 1. The van der Waals surface area contributed by atoms with E-state index in [1.54, 1.807) is 0 Å². The first-order chi connectivity index (χ1) is 8.25. The summed E-state index contributed by atoms with van der Waals surface area (Å²) in [6.45, 7) is 6.83. The Hall–Kier alpha value is -1.03. The molecule has 1 unspecified atom stereocenters. The van der Waals surface area contributed by atoms with E-state index in [2.05, 4.69) is 28.8 Å². The quantitative estimate of drug-likeness (QED) is 0.804. The monoisotopic (exact) mass is 234 g/mol. The molecule has 1 N–H and O–H groups in total. The van der Waals surface area contributed by atoms with Gasteiger partial charge in [0.1, 0.15) is 0 Å². The van der Waals surface area contributed by atoms with Gasteiger partial charge in [0.2, 0.25) is 5.95 Å². The SMILES string of the molecule is Cc1c(C2CCCN(C)C2)nc2n1CCCN2. The van der Waals surface area contributed by atoms with Gasteiger partial charge in [-0.15, -0.1) is 0 Å². The number of hydrogen-bond donors (Lipinski definition) is 1. The first-order valence-corrected chi connectivity index (χ1v) is 6.75. The number of rotatable bonds is 1. The highest BCUT2D eigenvalue weighted by Crippen LogP contribution is 2.30. The molecule has 0 aliphatic carbocycles. The maximum absolute atomic E-state index is 4.83. The average Bonchev–Trinajstić information content (AvgIpc) is 2.68. The van der Waals surface area contributed by atoms with E-state index in [4.69, 9.17) is 4.98 Å². The lowest BCUT2D eigenvalue weighted by Gasteiger charge is -2.29. The van der Waals surface area contributed by atoms with E-state index in [1.165, 1.54) is 37.2 Å². The minimum absolute atomic E-state index is 0.633. The molecule has 2 aliphatic heterocycles. The van der Waals surface area contributed by atoms with Crippen LogP contribution in [0.15, 0.2) is 0 Å². The summed E-state index contributed by atoms with van der Waals surface area (Å²) in [6, 6.07) is 0. The van der Waals surface area contributed by atoms with E-state index in [1.807, 2.05) is 0 Å². The van der Waals surface area contributed by atoms with E-state index in [-0.39, 0.29) is 0 Å². The number of hydrogen-bond acceptors (Lipinski definition) is 3. The first-order valence-electron chi connectivity index (χ1n) is 6.75. The van der Waals surface area contributed by atoms with Crippen molar-refractivity contribution in [3.8, 4) is 0 Å². The molecule has 0 saturated carbocycles. The van der Waals surface area contributed by atoms with E-state index < -0.39 is 0 Å². The smallest absolute Gasteiger partial charge is 0.203 e. The zero-order valence-corrected chi connectivity index (χ0v) is 10.9. The molecule has 0 aromatic carbocycles. The van der Waals surface area contributed by atoms with E-state index in [0.717, 1.165) is 25.6 Å². The summed E-state index contributed by atoms with van der Waals surface area (Å²) >= 11 is 0. The molecule has 1 aromatic heterocycles. The van der Waals surface area contributed by atoms with Crippen molar-refractivity contribution in [1.29, 1.82) is 0 Å². The van der Waals surface area contributed by atoms with Gasteiger partial charge in [-0.2, -0.15) is 0 Å². The lowest BCUT2D eigenvalue weighted by Crippen LogP contribution is -2.31. The molecule has 4 heteroatoms.